The number of aliphatic hydroxyl groups excluding tert-OH is 1. The molecule has 0 unspecified atom stereocenters. The van der Waals surface area contributed by atoms with Gasteiger partial charge in [0.2, 0.25) is 10.0 Å². The predicted octanol–water partition coefficient (Wildman–Crippen LogP) is -0.382. The number of ether oxygens (including phenoxy) is 1. The van der Waals surface area contributed by atoms with E-state index in [9.17, 15) is 8.42 Å². The van der Waals surface area contributed by atoms with E-state index in [1.165, 1.54) is 26.3 Å². The second-order valence-corrected chi connectivity index (χ2v) is 5.96. The summed E-state index contributed by atoms with van der Waals surface area (Å²) in [6.45, 7) is -0.0472. The van der Waals surface area contributed by atoms with Crippen LogP contribution in [0.15, 0.2) is 23.1 Å². The lowest BCUT2D eigenvalue weighted by atomic mass is 10.2. The van der Waals surface area contributed by atoms with E-state index in [4.69, 9.17) is 15.6 Å². The van der Waals surface area contributed by atoms with Crippen molar-refractivity contribution in [1.29, 1.82) is 0 Å². The Kier molecular flexibility index (Phi) is 5.98. The molecule has 20 heavy (non-hydrogen) atoms. The standard InChI is InChI=1S/C13H18N2O4S/c1-15(8-9-16)20(17,18)12-5-6-13(19-2)11(10-12)4-3-7-14/h5-6,10,16H,7-9,14H2,1-2H3. The summed E-state index contributed by atoms with van der Waals surface area (Å²) in [5.41, 5.74) is 5.77. The lowest BCUT2D eigenvalue weighted by molar-refractivity contribution is 0.266. The number of nitrogens with zero attached hydrogens (tertiary/aromatic N) is 1. The van der Waals surface area contributed by atoms with Crippen molar-refractivity contribution in [1.82, 2.24) is 4.31 Å². The fourth-order valence-electron chi connectivity index (χ4n) is 1.53. The van der Waals surface area contributed by atoms with Crippen LogP contribution in [0.4, 0.5) is 0 Å². The fourth-order valence-corrected chi connectivity index (χ4v) is 2.72. The van der Waals surface area contributed by atoms with Gasteiger partial charge >= 0.3 is 0 Å². The highest BCUT2D eigenvalue weighted by atomic mass is 32.2. The fraction of sp³-hybridized carbons (Fsp3) is 0.385. The molecule has 0 aliphatic rings. The number of aliphatic hydroxyl groups is 1. The predicted molar refractivity (Wildman–Crippen MR) is 75.8 cm³/mol. The Morgan fingerprint density at radius 1 is 1.45 bits per heavy atom. The molecular formula is C13H18N2O4S. The van der Waals surface area contributed by atoms with E-state index < -0.39 is 10.0 Å². The molecule has 1 aromatic carbocycles. The van der Waals surface area contributed by atoms with Crippen molar-refractivity contribution in [2.45, 2.75) is 4.90 Å². The molecule has 0 aliphatic heterocycles. The largest absolute Gasteiger partial charge is 0.495 e. The molecule has 0 saturated heterocycles. The molecule has 3 N–H and O–H groups in total. The summed E-state index contributed by atoms with van der Waals surface area (Å²) in [5.74, 6) is 5.92. The summed E-state index contributed by atoms with van der Waals surface area (Å²) in [4.78, 5) is 0.0931. The van der Waals surface area contributed by atoms with Crippen LogP contribution in [0.2, 0.25) is 0 Å². The van der Waals surface area contributed by atoms with Gasteiger partial charge in [0.15, 0.2) is 0 Å². The molecule has 0 aliphatic carbocycles. The zero-order valence-corrected chi connectivity index (χ0v) is 12.3. The maximum Gasteiger partial charge on any atom is 0.242 e. The summed E-state index contributed by atoms with van der Waals surface area (Å²) in [6, 6.07) is 4.42. The van der Waals surface area contributed by atoms with Crippen LogP contribution < -0.4 is 10.5 Å². The lowest BCUT2D eigenvalue weighted by Gasteiger charge is -2.16. The number of benzene rings is 1. The van der Waals surface area contributed by atoms with Gasteiger partial charge in [0.25, 0.3) is 0 Å². The van der Waals surface area contributed by atoms with Gasteiger partial charge in [-0.1, -0.05) is 11.8 Å². The summed E-state index contributed by atoms with van der Waals surface area (Å²) >= 11 is 0. The molecule has 0 spiro atoms. The van der Waals surface area contributed by atoms with Crippen molar-refractivity contribution in [3.63, 3.8) is 0 Å². The minimum Gasteiger partial charge on any atom is -0.495 e. The van der Waals surface area contributed by atoms with Crippen molar-refractivity contribution < 1.29 is 18.3 Å². The molecule has 0 bridgehead atoms. The van der Waals surface area contributed by atoms with Gasteiger partial charge in [0.1, 0.15) is 5.75 Å². The summed E-state index contributed by atoms with van der Waals surface area (Å²) in [7, 11) is -0.770. The molecule has 0 atom stereocenters. The van der Waals surface area contributed by atoms with Crippen molar-refractivity contribution in [3.05, 3.63) is 23.8 Å². The van der Waals surface area contributed by atoms with Crippen LogP contribution in [0.5, 0.6) is 5.75 Å². The van der Waals surface area contributed by atoms with Gasteiger partial charge in [-0.15, -0.1) is 0 Å². The second-order valence-electron chi connectivity index (χ2n) is 3.92. The van der Waals surface area contributed by atoms with Crippen LogP contribution in [0.1, 0.15) is 5.56 Å². The molecule has 0 fully saturated rings. The Hall–Kier alpha value is -1.59. The van der Waals surface area contributed by atoms with E-state index in [0.29, 0.717) is 11.3 Å². The first-order chi connectivity index (χ1) is 9.47. The molecule has 0 heterocycles. The molecule has 6 nitrogen and oxygen atoms in total. The lowest BCUT2D eigenvalue weighted by Crippen LogP contribution is -2.29. The molecular weight excluding hydrogens is 280 g/mol. The minimum atomic E-state index is -3.65. The summed E-state index contributed by atoms with van der Waals surface area (Å²) in [5, 5.41) is 8.84. The Morgan fingerprint density at radius 3 is 2.70 bits per heavy atom. The van der Waals surface area contributed by atoms with E-state index in [1.54, 1.807) is 6.07 Å². The highest BCUT2D eigenvalue weighted by Crippen LogP contribution is 2.23. The number of hydrogen-bond acceptors (Lipinski definition) is 5. The van der Waals surface area contributed by atoms with Crippen LogP contribution >= 0.6 is 0 Å². The first-order valence-corrected chi connectivity index (χ1v) is 7.35. The van der Waals surface area contributed by atoms with Gasteiger partial charge in [-0.2, -0.15) is 4.31 Å². The molecule has 7 heteroatoms. The van der Waals surface area contributed by atoms with Gasteiger partial charge in [0.05, 0.1) is 30.7 Å². The third kappa shape index (κ3) is 3.71. The van der Waals surface area contributed by atoms with E-state index in [2.05, 4.69) is 11.8 Å². The van der Waals surface area contributed by atoms with Gasteiger partial charge in [-0.25, -0.2) is 8.42 Å². The highest BCUT2D eigenvalue weighted by Gasteiger charge is 2.21. The third-order valence-electron chi connectivity index (χ3n) is 2.62. The Morgan fingerprint density at radius 2 is 2.15 bits per heavy atom. The Balaban J connectivity index is 3.27. The minimum absolute atomic E-state index is 0.0260. The van der Waals surface area contributed by atoms with E-state index >= 15 is 0 Å². The number of likely N-dealkylation sites (N-methyl/N-ethyl adjacent to an activating group) is 1. The molecule has 0 radical (unpaired) electrons. The van der Waals surface area contributed by atoms with Crippen molar-refractivity contribution in [3.8, 4) is 17.6 Å². The number of nitrogens with two attached hydrogens (primary N) is 1. The van der Waals surface area contributed by atoms with Gasteiger partial charge in [-0.05, 0) is 18.2 Å². The molecule has 0 saturated carbocycles. The topological polar surface area (TPSA) is 92.9 Å². The number of sulfonamides is 1. The van der Waals surface area contributed by atoms with Crippen LogP contribution in [-0.4, -0.2) is 51.7 Å². The van der Waals surface area contributed by atoms with E-state index in [0.717, 1.165) is 4.31 Å². The monoisotopic (exact) mass is 298 g/mol. The number of rotatable bonds is 5. The van der Waals surface area contributed by atoms with Crippen molar-refractivity contribution in [2.75, 3.05) is 33.9 Å². The first kappa shape index (κ1) is 16.5. The molecule has 110 valence electrons. The SMILES string of the molecule is COc1ccc(S(=O)(=O)N(C)CCO)cc1C#CCN. The van der Waals surface area contributed by atoms with Crippen molar-refractivity contribution in [2.24, 2.45) is 5.73 Å². The van der Waals surface area contributed by atoms with Crippen LogP contribution in [0, 0.1) is 11.8 Å². The molecule has 0 aromatic heterocycles. The molecule has 1 rings (SSSR count). The molecule has 1 aromatic rings. The van der Waals surface area contributed by atoms with Crippen LogP contribution in [0.25, 0.3) is 0 Å². The van der Waals surface area contributed by atoms with E-state index in [-0.39, 0.29) is 24.6 Å². The quantitative estimate of drug-likeness (QED) is 0.723. The maximum atomic E-state index is 12.2. The maximum absolute atomic E-state index is 12.2. The summed E-state index contributed by atoms with van der Waals surface area (Å²) in [6.07, 6.45) is 0. The average Bonchev–Trinajstić information content (AvgIpc) is 2.44. The normalized spacial score (nSPS) is 11.1. The van der Waals surface area contributed by atoms with Gasteiger partial charge < -0.3 is 15.6 Å². The van der Waals surface area contributed by atoms with Crippen LogP contribution in [0.3, 0.4) is 0 Å². The molecule has 0 amide bonds. The Bertz CT molecular complexity index is 617. The summed E-state index contributed by atoms with van der Waals surface area (Å²) < 4.78 is 30.7. The number of hydrogen-bond donors (Lipinski definition) is 2. The van der Waals surface area contributed by atoms with Crippen LogP contribution in [-0.2, 0) is 10.0 Å². The zero-order chi connectivity index (χ0) is 15.2. The van der Waals surface area contributed by atoms with Gasteiger partial charge in [0, 0.05) is 13.6 Å². The smallest absolute Gasteiger partial charge is 0.242 e. The highest BCUT2D eigenvalue weighted by molar-refractivity contribution is 7.89. The number of methoxy groups -OCH3 is 1. The third-order valence-corrected chi connectivity index (χ3v) is 4.47. The second kappa shape index (κ2) is 7.26. The average molecular weight is 298 g/mol. The van der Waals surface area contributed by atoms with Gasteiger partial charge in [-0.3, -0.25) is 0 Å². The zero-order valence-electron chi connectivity index (χ0n) is 11.5. The van der Waals surface area contributed by atoms with E-state index in [1.807, 2.05) is 0 Å². The Labute approximate surface area is 119 Å². The first-order valence-electron chi connectivity index (χ1n) is 5.91. The van der Waals surface area contributed by atoms with Crippen molar-refractivity contribution >= 4 is 10.0 Å².